The van der Waals surface area contributed by atoms with Crippen LogP contribution in [-0.4, -0.2) is 0 Å². The van der Waals surface area contributed by atoms with Crippen LogP contribution in [0.25, 0.3) is 89.0 Å². The molecule has 0 amide bonds. The van der Waals surface area contributed by atoms with Crippen LogP contribution >= 0.6 is 0 Å². The maximum absolute atomic E-state index is 2.42. The molecule has 2 aliphatic carbocycles. The van der Waals surface area contributed by atoms with Gasteiger partial charge in [0.1, 0.15) is 0 Å². The van der Waals surface area contributed by atoms with Gasteiger partial charge in [0.25, 0.3) is 0 Å². The third-order valence-corrected chi connectivity index (χ3v) is 23.1. The molecule has 0 saturated carbocycles. The molecule has 0 spiro atoms. The van der Waals surface area contributed by atoms with Gasteiger partial charge in [-0.3, -0.25) is 0 Å². The molecule has 0 aromatic heterocycles. The number of para-hydroxylation sites is 4. The smallest absolute Gasteiger partial charge is 0.0467 e. The molecule has 17 aromatic rings. The van der Waals surface area contributed by atoms with Gasteiger partial charge in [0, 0.05) is 79.1 Å². The second-order valence-corrected chi connectivity index (χ2v) is 30.5. The molecular weight excluding hydrogens is 1350 g/mol. The zero-order chi connectivity index (χ0) is 75.3. The van der Waals surface area contributed by atoms with Crippen molar-refractivity contribution < 1.29 is 0 Å². The third kappa shape index (κ3) is 12.8. The molecule has 0 saturated heterocycles. The van der Waals surface area contributed by atoms with Crippen LogP contribution in [-0.2, 0) is 10.8 Å². The van der Waals surface area contributed by atoms with Crippen molar-refractivity contribution in [1.82, 2.24) is 0 Å². The molecule has 0 heterocycles. The Morgan fingerprint density at radius 3 is 0.589 bits per heavy atom. The number of benzene rings is 17. The maximum Gasteiger partial charge on any atom is 0.0467 e. The summed E-state index contributed by atoms with van der Waals surface area (Å²) in [6.07, 6.45) is 0. The lowest BCUT2D eigenvalue weighted by Gasteiger charge is -2.30. The van der Waals surface area contributed by atoms with Gasteiger partial charge in [-0.15, -0.1) is 0 Å². The van der Waals surface area contributed by atoms with Gasteiger partial charge in [-0.2, -0.15) is 0 Å². The lowest BCUT2D eigenvalue weighted by atomic mass is 9.82. The number of nitrogens with zero attached hydrogens (tertiary/aromatic N) is 4. The lowest BCUT2D eigenvalue weighted by Crippen LogP contribution is -2.16. The highest BCUT2D eigenvalue weighted by atomic mass is 15.2. The van der Waals surface area contributed by atoms with Crippen LogP contribution in [0.15, 0.2) is 425 Å². The number of rotatable bonds is 18. The highest BCUT2D eigenvalue weighted by Gasteiger charge is 2.38. The second kappa shape index (κ2) is 28.8. The van der Waals surface area contributed by atoms with E-state index in [1.165, 1.54) is 89.0 Å². The van der Waals surface area contributed by atoms with Gasteiger partial charge in [-0.05, 0) is 257 Å². The molecular formula is C108H82N4. The minimum absolute atomic E-state index is 0.149. The van der Waals surface area contributed by atoms with Gasteiger partial charge in [0.05, 0.1) is 0 Å². The minimum Gasteiger partial charge on any atom is -0.311 e. The van der Waals surface area contributed by atoms with Crippen molar-refractivity contribution in [3.05, 3.63) is 447 Å². The van der Waals surface area contributed by atoms with Crippen molar-refractivity contribution in [3.8, 4) is 89.0 Å². The SMILES string of the molecule is CC1(C)c2ccccc2-c2ccc(N(c3ccc(N(c4ccccc4)c4ccccc4)cc3)c3cccc(-c4ccc(-c5ccc(-c6ccc(-c7ccc(-c8ccc(-c9cccc(N(c%10ccc(N(c%11ccccc%11)c%11ccccc%11)cc%10)c%10ccc%11c(c%10)C(C)(C)c%10ccccc%10-%11)c9)cc8)cc7)cc6)cc5)cc4)c3)cc21. The molecule has 0 fully saturated rings. The molecule has 0 N–H and O–H groups in total. The third-order valence-electron chi connectivity index (χ3n) is 23.1. The Labute approximate surface area is 658 Å². The summed E-state index contributed by atoms with van der Waals surface area (Å²) in [6, 6.07) is 155. The quantitative estimate of drug-likeness (QED) is 0.0849. The van der Waals surface area contributed by atoms with Crippen molar-refractivity contribution in [1.29, 1.82) is 0 Å². The van der Waals surface area contributed by atoms with Crippen LogP contribution < -0.4 is 19.6 Å². The Bertz CT molecular complexity index is 5770. The summed E-state index contributed by atoms with van der Waals surface area (Å²) in [5.74, 6) is 0. The van der Waals surface area contributed by atoms with E-state index >= 15 is 0 Å². The second-order valence-electron chi connectivity index (χ2n) is 30.5. The first kappa shape index (κ1) is 68.5. The van der Waals surface area contributed by atoms with E-state index in [2.05, 4.69) is 472 Å². The van der Waals surface area contributed by atoms with Gasteiger partial charge in [0.2, 0.25) is 0 Å². The van der Waals surface area contributed by atoms with E-state index in [0.717, 1.165) is 90.5 Å². The van der Waals surface area contributed by atoms with E-state index in [1.807, 2.05) is 0 Å². The molecule has 4 nitrogen and oxygen atoms in total. The molecule has 0 aliphatic heterocycles. The van der Waals surface area contributed by atoms with Crippen LogP contribution in [0.4, 0.5) is 68.2 Å². The van der Waals surface area contributed by atoms with Gasteiger partial charge in [-0.1, -0.05) is 307 Å². The van der Waals surface area contributed by atoms with Crippen LogP contribution in [0, 0.1) is 0 Å². The Hall–Kier alpha value is -14.1. The van der Waals surface area contributed by atoms with Crippen LogP contribution in [0.5, 0.6) is 0 Å². The van der Waals surface area contributed by atoms with E-state index < -0.39 is 0 Å². The average Bonchev–Trinajstić information content (AvgIpc) is 1.58. The molecule has 0 unspecified atom stereocenters. The van der Waals surface area contributed by atoms with Crippen molar-refractivity contribution >= 4 is 68.2 Å². The fraction of sp³-hybridized carbons (Fsp3) is 0.0556. The Balaban J connectivity index is 0.543. The molecule has 0 radical (unpaired) electrons. The summed E-state index contributed by atoms with van der Waals surface area (Å²) in [6.45, 7) is 9.43. The molecule has 112 heavy (non-hydrogen) atoms. The first-order chi connectivity index (χ1) is 55.0. The monoisotopic (exact) mass is 1430 g/mol. The average molecular weight is 1440 g/mol. The maximum atomic E-state index is 2.42. The van der Waals surface area contributed by atoms with Gasteiger partial charge in [0.15, 0.2) is 0 Å². The molecule has 0 bridgehead atoms. The van der Waals surface area contributed by atoms with Crippen molar-refractivity contribution in [3.63, 3.8) is 0 Å². The largest absolute Gasteiger partial charge is 0.311 e. The lowest BCUT2D eigenvalue weighted by molar-refractivity contribution is 0.660. The van der Waals surface area contributed by atoms with Gasteiger partial charge < -0.3 is 19.6 Å². The molecule has 534 valence electrons. The zero-order valence-corrected chi connectivity index (χ0v) is 63.2. The van der Waals surface area contributed by atoms with Crippen molar-refractivity contribution in [2.75, 3.05) is 19.6 Å². The summed E-state index contributed by atoms with van der Waals surface area (Å²) in [4.78, 5) is 9.47. The Morgan fingerprint density at radius 1 is 0.134 bits per heavy atom. The summed E-state index contributed by atoms with van der Waals surface area (Å²) >= 11 is 0. The molecule has 0 atom stereocenters. The summed E-state index contributed by atoms with van der Waals surface area (Å²) in [5, 5.41) is 0. The first-order valence-electron chi connectivity index (χ1n) is 38.8. The zero-order valence-electron chi connectivity index (χ0n) is 63.2. The predicted octanol–water partition coefficient (Wildman–Crippen LogP) is 30.2. The summed E-state index contributed by atoms with van der Waals surface area (Å²) in [5.41, 5.74) is 37.6. The van der Waals surface area contributed by atoms with Crippen LogP contribution in [0.3, 0.4) is 0 Å². The molecule has 19 rings (SSSR count). The van der Waals surface area contributed by atoms with Gasteiger partial charge >= 0.3 is 0 Å². The fourth-order valence-corrected chi connectivity index (χ4v) is 17.2. The van der Waals surface area contributed by atoms with E-state index in [1.54, 1.807) is 0 Å². The standard InChI is InChI=1S/C108H82N4/c1-107(2)103-37-19-17-35-99(103)101-69-67-97(73-105(101)107)111(93-63-59-91(60-64-93)109(87-25-9-5-10-26-87)88-27-11-6-12-28-88)95-33-21-23-85(71-95)83-55-51-81(52-56-83)79-47-43-77(44-48-79)75-39-41-76(42-40-75)78-45-49-80(50-46-78)82-53-57-84(58-54-82)86-24-22-34-96(72-86)112(98-68-70-102-100-36-18-20-38-104(100)108(3,4)106(102)74-98)94-65-61-92(62-66-94)110(89-29-13-7-14-30-89)90-31-15-8-16-32-90/h5-74H,1-4H3. The van der Waals surface area contributed by atoms with E-state index in [-0.39, 0.29) is 10.8 Å². The molecule has 17 aromatic carbocycles. The molecule has 2 aliphatic rings. The fourth-order valence-electron chi connectivity index (χ4n) is 17.2. The number of anilines is 12. The van der Waals surface area contributed by atoms with Crippen molar-refractivity contribution in [2.45, 2.75) is 38.5 Å². The van der Waals surface area contributed by atoms with Gasteiger partial charge in [-0.25, -0.2) is 0 Å². The van der Waals surface area contributed by atoms with Crippen LogP contribution in [0.2, 0.25) is 0 Å². The Kier molecular flexibility index (Phi) is 17.6. The summed E-state index contributed by atoms with van der Waals surface area (Å²) in [7, 11) is 0. The Morgan fingerprint density at radius 2 is 0.321 bits per heavy atom. The highest BCUT2D eigenvalue weighted by Crippen LogP contribution is 2.54. The predicted molar refractivity (Wildman–Crippen MR) is 473 cm³/mol. The first-order valence-corrected chi connectivity index (χ1v) is 38.8. The number of hydrogen-bond donors (Lipinski definition) is 0. The highest BCUT2D eigenvalue weighted by molar-refractivity contribution is 5.91. The minimum atomic E-state index is -0.149. The van der Waals surface area contributed by atoms with Crippen LogP contribution in [0.1, 0.15) is 49.9 Å². The molecule has 4 heteroatoms. The number of fused-ring (bicyclic) bond motifs is 6. The topological polar surface area (TPSA) is 13.0 Å². The normalized spacial score (nSPS) is 12.6. The van der Waals surface area contributed by atoms with Crippen molar-refractivity contribution in [2.24, 2.45) is 0 Å². The van der Waals surface area contributed by atoms with E-state index in [0.29, 0.717) is 0 Å². The van der Waals surface area contributed by atoms with E-state index in [4.69, 9.17) is 0 Å². The summed E-state index contributed by atoms with van der Waals surface area (Å²) < 4.78 is 0. The number of hydrogen-bond acceptors (Lipinski definition) is 4. The van der Waals surface area contributed by atoms with E-state index in [9.17, 15) is 0 Å².